The molecule has 2 aromatic rings. The Labute approximate surface area is 112 Å². The standard InChI is InChI=1S/C15H16N2O2/c1-17(14-5-3-4-12(16)10-14)13-8-6-11(7-9-13)15(18)19-2/h3-10H,16H2,1-2H3. The number of nitrogens with zero attached hydrogens (tertiary/aromatic N) is 1. The Kier molecular flexibility index (Phi) is 3.71. The van der Waals surface area contributed by atoms with Crippen LogP contribution in [0.5, 0.6) is 0 Å². The van der Waals surface area contributed by atoms with Gasteiger partial charge in [0.15, 0.2) is 0 Å². The third-order valence-corrected chi connectivity index (χ3v) is 2.93. The highest BCUT2D eigenvalue weighted by Gasteiger charge is 2.07. The molecule has 0 spiro atoms. The molecule has 0 saturated carbocycles. The molecule has 0 heterocycles. The summed E-state index contributed by atoms with van der Waals surface area (Å²) in [5.41, 5.74) is 8.98. The zero-order chi connectivity index (χ0) is 13.8. The molecule has 0 aliphatic carbocycles. The number of hydrogen-bond donors (Lipinski definition) is 1. The highest BCUT2D eigenvalue weighted by molar-refractivity contribution is 5.89. The molecular weight excluding hydrogens is 240 g/mol. The van der Waals surface area contributed by atoms with Crippen molar-refractivity contribution in [3.05, 3.63) is 54.1 Å². The van der Waals surface area contributed by atoms with E-state index in [1.807, 2.05) is 48.3 Å². The molecule has 0 saturated heterocycles. The fraction of sp³-hybridized carbons (Fsp3) is 0.133. The van der Waals surface area contributed by atoms with Gasteiger partial charge in [-0.3, -0.25) is 0 Å². The van der Waals surface area contributed by atoms with E-state index in [1.165, 1.54) is 7.11 Å². The van der Waals surface area contributed by atoms with Gasteiger partial charge in [-0.05, 0) is 42.5 Å². The second kappa shape index (κ2) is 5.44. The second-order valence-corrected chi connectivity index (χ2v) is 4.19. The first-order chi connectivity index (χ1) is 9.11. The van der Waals surface area contributed by atoms with Gasteiger partial charge in [0, 0.05) is 24.1 Å². The molecule has 0 unspecified atom stereocenters. The SMILES string of the molecule is COC(=O)c1ccc(N(C)c2cccc(N)c2)cc1. The molecule has 0 amide bonds. The quantitative estimate of drug-likeness (QED) is 0.677. The Morgan fingerprint density at radius 3 is 2.37 bits per heavy atom. The summed E-state index contributed by atoms with van der Waals surface area (Å²) in [6, 6.07) is 14.8. The lowest BCUT2D eigenvalue weighted by molar-refractivity contribution is 0.0601. The summed E-state index contributed by atoms with van der Waals surface area (Å²) in [7, 11) is 3.32. The van der Waals surface area contributed by atoms with Gasteiger partial charge < -0.3 is 15.4 Å². The molecule has 2 aromatic carbocycles. The van der Waals surface area contributed by atoms with E-state index in [4.69, 9.17) is 5.73 Å². The summed E-state index contributed by atoms with van der Waals surface area (Å²) < 4.78 is 4.67. The van der Waals surface area contributed by atoms with Crippen LogP contribution in [-0.2, 0) is 4.74 Å². The Morgan fingerprint density at radius 2 is 1.79 bits per heavy atom. The predicted octanol–water partition coefficient (Wildman–Crippen LogP) is 2.82. The normalized spacial score (nSPS) is 10.0. The Balaban J connectivity index is 2.25. The third kappa shape index (κ3) is 2.85. The van der Waals surface area contributed by atoms with E-state index in [0.717, 1.165) is 17.1 Å². The van der Waals surface area contributed by atoms with Crippen LogP contribution < -0.4 is 10.6 Å². The van der Waals surface area contributed by atoms with Crippen molar-refractivity contribution in [1.82, 2.24) is 0 Å². The maximum absolute atomic E-state index is 11.4. The number of nitrogens with two attached hydrogens (primary N) is 1. The van der Waals surface area contributed by atoms with Crippen LogP contribution in [0.4, 0.5) is 17.1 Å². The molecule has 0 fully saturated rings. The Morgan fingerprint density at radius 1 is 1.11 bits per heavy atom. The molecule has 0 aliphatic heterocycles. The van der Waals surface area contributed by atoms with Crippen LogP contribution in [0.1, 0.15) is 10.4 Å². The van der Waals surface area contributed by atoms with E-state index < -0.39 is 0 Å². The molecule has 0 bridgehead atoms. The van der Waals surface area contributed by atoms with Crippen LogP contribution >= 0.6 is 0 Å². The van der Waals surface area contributed by atoms with E-state index >= 15 is 0 Å². The average Bonchev–Trinajstić information content (AvgIpc) is 2.46. The van der Waals surface area contributed by atoms with Crippen molar-refractivity contribution in [3.8, 4) is 0 Å². The van der Waals surface area contributed by atoms with Gasteiger partial charge in [0.1, 0.15) is 0 Å². The van der Waals surface area contributed by atoms with E-state index in [2.05, 4.69) is 4.74 Å². The molecule has 4 nitrogen and oxygen atoms in total. The second-order valence-electron chi connectivity index (χ2n) is 4.19. The molecule has 2 N–H and O–H groups in total. The number of carbonyl (C=O) groups is 1. The fourth-order valence-corrected chi connectivity index (χ4v) is 1.82. The summed E-state index contributed by atoms with van der Waals surface area (Å²) in [6.07, 6.45) is 0. The summed E-state index contributed by atoms with van der Waals surface area (Å²) in [6.45, 7) is 0. The summed E-state index contributed by atoms with van der Waals surface area (Å²) >= 11 is 0. The smallest absolute Gasteiger partial charge is 0.337 e. The number of esters is 1. The summed E-state index contributed by atoms with van der Waals surface area (Å²) in [5.74, 6) is -0.335. The number of carbonyl (C=O) groups excluding carboxylic acids is 1. The topological polar surface area (TPSA) is 55.6 Å². The van der Waals surface area contributed by atoms with Crippen LogP contribution in [0.2, 0.25) is 0 Å². The monoisotopic (exact) mass is 256 g/mol. The minimum Gasteiger partial charge on any atom is -0.465 e. The fourth-order valence-electron chi connectivity index (χ4n) is 1.82. The van der Waals surface area contributed by atoms with Crippen molar-refractivity contribution in [2.75, 3.05) is 24.8 Å². The molecule has 4 heteroatoms. The number of ether oxygens (including phenoxy) is 1. The highest BCUT2D eigenvalue weighted by Crippen LogP contribution is 2.25. The lowest BCUT2D eigenvalue weighted by atomic mass is 10.2. The zero-order valence-corrected chi connectivity index (χ0v) is 11.0. The summed E-state index contributed by atoms with van der Waals surface area (Å²) in [4.78, 5) is 13.4. The van der Waals surface area contributed by atoms with Gasteiger partial charge >= 0.3 is 5.97 Å². The lowest BCUT2D eigenvalue weighted by Gasteiger charge is -2.20. The number of benzene rings is 2. The molecule has 98 valence electrons. The molecule has 0 radical (unpaired) electrons. The Bertz CT molecular complexity index is 579. The minimum atomic E-state index is -0.335. The molecule has 0 aliphatic rings. The predicted molar refractivity (Wildman–Crippen MR) is 76.7 cm³/mol. The Hall–Kier alpha value is -2.49. The van der Waals surface area contributed by atoms with Crippen molar-refractivity contribution in [3.63, 3.8) is 0 Å². The van der Waals surface area contributed by atoms with E-state index in [9.17, 15) is 4.79 Å². The lowest BCUT2D eigenvalue weighted by Crippen LogP contribution is -2.10. The average molecular weight is 256 g/mol. The maximum Gasteiger partial charge on any atom is 0.337 e. The van der Waals surface area contributed by atoms with Crippen LogP contribution in [0, 0.1) is 0 Å². The number of methoxy groups -OCH3 is 1. The van der Waals surface area contributed by atoms with Crippen molar-refractivity contribution >= 4 is 23.0 Å². The van der Waals surface area contributed by atoms with Gasteiger partial charge in [-0.25, -0.2) is 4.79 Å². The minimum absolute atomic E-state index is 0.335. The van der Waals surface area contributed by atoms with Gasteiger partial charge in [0.05, 0.1) is 12.7 Å². The number of nitrogen functional groups attached to an aromatic ring is 1. The number of hydrogen-bond acceptors (Lipinski definition) is 4. The van der Waals surface area contributed by atoms with Crippen LogP contribution in [0.15, 0.2) is 48.5 Å². The van der Waals surface area contributed by atoms with Gasteiger partial charge in [-0.15, -0.1) is 0 Å². The van der Waals surface area contributed by atoms with Crippen LogP contribution in [0.3, 0.4) is 0 Å². The summed E-state index contributed by atoms with van der Waals surface area (Å²) in [5, 5.41) is 0. The van der Waals surface area contributed by atoms with Crippen molar-refractivity contribution in [1.29, 1.82) is 0 Å². The van der Waals surface area contributed by atoms with E-state index in [-0.39, 0.29) is 5.97 Å². The number of rotatable bonds is 3. The molecule has 0 atom stereocenters. The third-order valence-electron chi connectivity index (χ3n) is 2.93. The van der Waals surface area contributed by atoms with Crippen molar-refractivity contribution in [2.45, 2.75) is 0 Å². The van der Waals surface area contributed by atoms with Gasteiger partial charge in [0.2, 0.25) is 0 Å². The van der Waals surface area contributed by atoms with E-state index in [0.29, 0.717) is 5.56 Å². The van der Waals surface area contributed by atoms with Crippen molar-refractivity contribution < 1.29 is 9.53 Å². The molecule has 19 heavy (non-hydrogen) atoms. The molecular formula is C15H16N2O2. The van der Waals surface area contributed by atoms with Crippen molar-refractivity contribution in [2.24, 2.45) is 0 Å². The first-order valence-electron chi connectivity index (χ1n) is 5.89. The highest BCUT2D eigenvalue weighted by atomic mass is 16.5. The molecule has 2 rings (SSSR count). The van der Waals surface area contributed by atoms with Crippen LogP contribution in [0.25, 0.3) is 0 Å². The largest absolute Gasteiger partial charge is 0.465 e. The first kappa shape index (κ1) is 13.0. The molecule has 0 aromatic heterocycles. The first-order valence-corrected chi connectivity index (χ1v) is 5.89. The number of anilines is 3. The van der Waals surface area contributed by atoms with Gasteiger partial charge in [0.25, 0.3) is 0 Å². The van der Waals surface area contributed by atoms with Gasteiger partial charge in [-0.2, -0.15) is 0 Å². The van der Waals surface area contributed by atoms with Gasteiger partial charge in [-0.1, -0.05) is 6.07 Å². The zero-order valence-electron chi connectivity index (χ0n) is 11.0. The van der Waals surface area contributed by atoms with Crippen LogP contribution in [-0.4, -0.2) is 20.1 Å². The maximum atomic E-state index is 11.4. The van der Waals surface area contributed by atoms with E-state index in [1.54, 1.807) is 12.1 Å².